The van der Waals surface area contributed by atoms with Gasteiger partial charge in [-0.1, -0.05) is 117 Å². The number of carbonyl (C=O) groups is 2. The molecule has 0 saturated carbocycles. The number of hydrogen-bond donors (Lipinski definition) is 1. The normalized spacial score (nSPS) is 15.1. The van der Waals surface area contributed by atoms with Gasteiger partial charge in [0.05, 0.1) is 33.9 Å². The number of likely N-dealkylation sites (N-methyl/N-ethyl adjacent to an activating group) is 1. The van der Waals surface area contributed by atoms with Crippen LogP contribution in [0.2, 0.25) is 0 Å². The van der Waals surface area contributed by atoms with E-state index < -0.39 is 32.5 Å². The van der Waals surface area contributed by atoms with Crippen molar-refractivity contribution in [3.63, 3.8) is 0 Å². The number of carbonyl (C=O) groups excluding carboxylic acids is 2. The molecule has 0 saturated heterocycles. The minimum absolute atomic E-state index is 0.0604. The second-order valence-electron chi connectivity index (χ2n) is 14.8. The van der Waals surface area contributed by atoms with E-state index in [0.717, 1.165) is 70.6 Å². The highest BCUT2D eigenvalue weighted by Crippen LogP contribution is 2.38. The van der Waals surface area contributed by atoms with E-state index in [1.165, 1.54) is 0 Å². The van der Waals surface area contributed by atoms with Gasteiger partial charge in [-0.25, -0.2) is 0 Å². The second kappa shape index (κ2) is 37.2. The molecule has 0 radical (unpaired) electrons. The number of quaternary nitrogens is 1. The maximum Gasteiger partial charge on any atom is 0.306 e. The van der Waals surface area contributed by atoms with Gasteiger partial charge in [-0.3, -0.25) is 14.2 Å². The number of aliphatic hydroxyl groups is 1. The van der Waals surface area contributed by atoms with Crippen LogP contribution in [-0.4, -0.2) is 81.2 Å². The number of phosphoric ester groups is 1. The summed E-state index contributed by atoms with van der Waals surface area (Å²) >= 11 is 0. The Bertz CT molecular complexity index is 1310. The molecular weight excluding hydrogens is 741 g/mol. The van der Waals surface area contributed by atoms with Crippen molar-refractivity contribution in [2.24, 2.45) is 0 Å². The predicted molar refractivity (Wildman–Crippen MR) is 232 cm³/mol. The van der Waals surface area contributed by atoms with E-state index in [4.69, 9.17) is 18.5 Å². The van der Waals surface area contributed by atoms with Crippen molar-refractivity contribution in [1.29, 1.82) is 0 Å². The van der Waals surface area contributed by atoms with Crippen molar-refractivity contribution in [2.75, 3.05) is 47.5 Å². The molecule has 0 aliphatic carbocycles. The summed E-state index contributed by atoms with van der Waals surface area (Å²) in [5.41, 5.74) is 0. The SMILES string of the molecule is CC/C=C\C/C=C\C/C=C\C/C=C\CCCCC(=O)OC[C@H](COP(=O)([O-])OCC[N+](C)(C)C)OC(=O)CCC/C=C\C/C=C\C/C=C\C/C=C\CC(O)CCC. The fourth-order valence-electron chi connectivity index (χ4n) is 4.89. The molecule has 57 heavy (non-hydrogen) atoms. The summed E-state index contributed by atoms with van der Waals surface area (Å²) in [5, 5.41) is 9.73. The molecule has 11 heteroatoms. The van der Waals surface area contributed by atoms with Crippen LogP contribution in [0.25, 0.3) is 0 Å². The highest BCUT2D eigenvalue weighted by molar-refractivity contribution is 7.45. The van der Waals surface area contributed by atoms with Crippen molar-refractivity contribution in [3.8, 4) is 0 Å². The van der Waals surface area contributed by atoms with Gasteiger partial charge in [0, 0.05) is 12.8 Å². The molecule has 0 aliphatic rings. The van der Waals surface area contributed by atoms with Crippen LogP contribution in [0.15, 0.2) is 97.2 Å². The Morgan fingerprint density at radius 3 is 1.67 bits per heavy atom. The van der Waals surface area contributed by atoms with Crippen LogP contribution in [0, 0.1) is 0 Å². The van der Waals surface area contributed by atoms with E-state index in [0.29, 0.717) is 36.7 Å². The summed E-state index contributed by atoms with van der Waals surface area (Å²) in [6.07, 6.45) is 45.1. The zero-order valence-corrected chi connectivity index (χ0v) is 36.7. The van der Waals surface area contributed by atoms with E-state index in [-0.39, 0.29) is 32.2 Å². The summed E-state index contributed by atoms with van der Waals surface area (Å²) in [5.74, 6) is -0.982. The van der Waals surface area contributed by atoms with Crippen molar-refractivity contribution in [3.05, 3.63) is 97.2 Å². The third-order valence-corrected chi connectivity index (χ3v) is 9.11. The molecule has 0 rings (SSSR count). The minimum Gasteiger partial charge on any atom is -0.756 e. The van der Waals surface area contributed by atoms with Gasteiger partial charge in [-0.2, -0.15) is 0 Å². The van der Waals surface area contributed by atoms with Crippen LogP contribution in [0.3, 0.4) is 0 Å². The lowest BCUT2D eigenvalue weighted by molar-refractivity contribution is -0.870. The Kier molecular flexibility index (Phi) is 35.2. The van der Waals surface area contributed by atoms with E-state index in [2.05, 4.69) is 92.8 Å². The maximum atomic E-state index is 12.6. The molecule has 2 unspecified atom stereocenters. The first-order chi connectivity index (χ1) is 27.4. The minimum atomic E-state index is -4.66. The molecule has 0 fully saturated rings. The first-order valence-corrected chi connectivity index (χ1v) is 22.5. The Hall–Kier alpha value is -3.11. The van der Waals surface area contributed by atoms with E-state index in [1.807, 2.05) is 39.4 Å². The number of phosphoric acid groups is 1. The van der Waals surface area contributed by atoms with E-state index in [9.17, 15) is 24.2 Å². The fourth-order valence-corrected chi connectivity index (χ4v) is 5.61. The molecular formula is C46H76NO9P. The number of nitrogens with zero attached hydrogens (tertiary/aromatic N) is 1. The lowest BCUT2D eigenvalue weighted by Crippen LogP contribution is -2.37. The molecule has 10 nitrogen and oxygen atoms in total. The summed E-state index contributed by atoms with van der Waals surface area (Å²) < 4.78 is 33.7. The van der Waals surface area contributed by atoms with Crippen LogP contribution >= 0.6 is 7.82 Å². The summed E-state index contributed by atoms with van der Waals surface area (Å²) in [7, 11) is 1.06. The quantitative estimate of drug-likeness (QED) is 0.0216. The van der Waals surface area contributed by atoms with Crippen LogP contribution < -0.4 is 4.89 Å². The third kappa shape index (κ3) is 40.9. The maximum absolute atomic E-state index is 12.6. The number of hydrogen-bond acceptors (Lipinski definition) is 9. The highest BCUT2D eigenvalue weighted by atomic mass is 31.2. The molecule has 0 bridgehead atoms. The number of unbranched alkanes of at least 4 members (excludes halogenated alkanes) is 3. The van der Waals surface area contributed by atoms with Crippen LogP contribution in [-0.2, 0) is 32.7 Å². The van der Waals surface area contributed by atoms with Gasteiger partial charge in [0.2, 0.25) is 0 Å². The number of esters is 2. The van der Waals surface area contributed by atoms with Gasteiger partial charge in [0.15, 0.2) is 6.10 Å². The average molecular weight is 818 g/mol. The van der Waals surface area contributed by atoms with Gasteiger partial charge >= 0.3 is 11.9 Å². The molecule has 0 heterocycles. The number of ether oxygens (including phenoxy) is 2. The second-order valence-corrected chi connectivity index (χ2v) is 16.2. The van der Waals surface area contributed by atoms with Gasteiger partial charge in [-0.05, 0) is 89.9 Å². The van der Waals surface area contributed by atoms with E-state index in [1.54, 1.807) is 0 Å². The van der Waals surface area contributed by atoms with E-state index >= 15 is 0 Å². The molecule has 0 aromatic carbocycles. The zero-order valence-electron chi connectivity index (χ0n) is 35.8. The fraction of sp³-hybridized carbons (Fsp3) is 0.609. The summed E-state index contributed by atoms with van der Waals surface area (Å²) in [4.78, 5) is 37.4. The first kappa shape index (κ1) is 53.9. The highest BCUT2D eigenvalue weighted by Gasteiger charge is 2.21. The van der Waals surface area contributed by atoms with Crippen LogP contribution in [0.5, 0.6) is 0 Å². The van der Waals surface area contributed by atoms with Gasteiger partial charge in [0.25, 0.3) is 7.82 Å². The van der Waals surface area contributed by atoms with Gasteiger partial charge in [0.1, 0.15) is 19.8 Å². The van der Waals surface area contributed by atoms with Gasteiger partial charge < -0.3 is 33.0 Å². The lowest BCUT2D eigenvalue weighted by atomic mass is 10.1. The average Bonchev–Trinajstić information content (AvgIpc) is 3.15. The van der Waals surface area contributed by atoms with Crippen LogP contribution in [0.1, 0.15) is 123 Å². The summed E-state index contributed by atoms with van der Waals surface area (Å²) in [6.45, 7) is 3.75. The zero-order chi connectivity index (χ0) is 42.3. The molecule has 0 aromatic rings. The molecule has 0 spiro atoms. The van der Waals surface area contributed by atoms with Crippen molar-refractivity contribution in [2.45, 2.75) is 135 Å². The lowest BCUT2D eigenvalue weighted by Gasteiger charge is -2.28. The van der Waals surface area contributed by atoms with Gasteiger partial charge in [-0.15, -0.1) is 0 Å². The third-order valence-electron chi connectivity index (χ3n) is 8.14. The summed E-state index contributed by atoms with van der Waals surface area (Å²) in [6, 6.07) is 0. The van der Waals surface area contributed by atoms with Crippen molar-refractivity contribution < 1.29 is 47.2 Å². The largest absolute Gasteiger partial charge is 0.756 e. The Morgan fingerprint density at radius 2 is 1.14 bits per heavy atom. The van der Waals surface area contributed by atoms with Crippen molar-refractivity contribution >= 4 is 19.8 Å². The monoisotopic (exact) mass is 818 g/mol. The van der Waals surface area contributed by atoms with Crippen LogP contribution in [0.4, 0.5) is 0 Å². The topological polar surface area (TPSA) is 131 Å². The Balaban J connectivity index is 4.60. The molecule has 0 amide bonds. The number of rotatable bonds is 36. The number of aliphatic hydroxyl groups excluding tert-OH is 1. The predicted octanol–water partition coefficient (Wildman–Crippen LogP) is 10.1. The Morgan fingerprint density at radius 1 is 0.649 bits per heavy atom. The Labute approximate surface area is 346 Å². The number of allylic oxidation sites excluding steroid dienone is 15. The van der Waals surface area contributed by atoms with Crippen molar-refractivity contribution in [1.82, 2.24) is 0 Å². The standard InChI is InChI=1S/C46H76NO9P/c1-6-8-9-10-11-12-13-14-15-18-21-24-27-30-33-37-45(49)53-41-44(42-55-57(51,52)54-40-39-47(3,4)5)56-46(50)38-34-31-28-25-22-19-16-17-20-23-26-29-32-36-43(48)35-7-2/h8-9,11-12,14-16,19-21,23-25,28-29,32,43-44,48H,6-7,10,13,17-18,22,26-27,30-31,33-42H2,1-5H3/b9-8-,12-11-,15-14-,19-16-,23-20-,24-21-,28-25-,32-29-/t43?,44-/m1/s1. The molecule has 1 N–H and O–H groups in total. The molecule has 324 valence electrons. The first-order valence-electron chi connectivity index (χ1n) is 21.0. The smallest absolute Gasteiger partial charge is 0.306 e. The molecule has 0 aromatic heterocycles. The molecule has 0 aliphatic heterocycles. The molecule has 3 atom stereocenters.